The van der Waals surface area contributed by atoms with Crippen LogP contribution in [0.1, 0.15) is 24.5 Å². The summed E-state index contributed by atoms with van der Waals surface area (Å²) < 4.78 is 0. The molecule has 1 aromatic rings. The van der Waals surface area contributed by atoms with E-state index >= 15 is 0 Å². The van der Waals surface area contributed by atoms with Crippen LogP contribution >= 0.6 is 0 Å². The molecule has 0 amide bonds. The molecule has 0 aliphatic heterocycles. The van der Waals surface area contributed by atoms with Gasteiger partial charge in [-0.1, -0.05) is 43.3 Å². The Balaban J connectivity index is 3.10. The second-order valence-corrected chi connectivity index (χ2v) is 2.88. The summed E-state index contributed by atoms with van der Waals surface area (Å²) in [7, 11) is 0. The van der Waals surface area contributed by atoms with Crippen molar-refractivity contribution in [3.63, 3.8) is 0 Å². The van der Waals surface area contributed by atoms with Crippen LogP contribution in [0, 0.1) is 6.92 Å². The van der Waals surface area contributed by atoms with Crippen LogP contribution in [0.25, 0.3) is 5.57 Å². The van der Waals surface area contributed by atoms with Gasteiger partial charge in [0.2, 0.25) is 0 Å². The molecule has 0 nitrogen and oxygen atoms in total. The molecule has 0 saturated heterocycles. The van der Waals surface area contributed by atoms with Gasteiger partial charge in [-0.15, -0.1) is 5.73 Å². The van der Waals surface area contributed by atoms with Crippen LogP contribution in [0.15, 0.2) is 36.6 Å². The Morgan fingerprint density at radius 2 is 2.25 bits per heavy atom. The minimum atomic E-state index is 0.993. The van der Waals surface area contributed by atoms with Crippen molar-refractivity contribution in [1.82, 2.24) is 0 Å². The van der Waals surface area contributed by atoms with E-state index in [2.05, 4.69) is 50.4 Å². The molecule has 0 unspecified atom stereocenters. The molecule has 0 heteroatoms. The van der Waals surface area contributed by atoms with Crippen LogP contribution in [-0.4, -0.2) is 0 Å². The predicted molar refractivity (Wildman–Crippen MR) is 54.0 cm³/mol. The molecule has 0 bridgehead atoms. The van der Waals surface area contributed by atoms with Crippen molar-refractivity contribution in [2.24, 2.45) is 0 Å². The zero-order valence-corrected chi connectivity index (χ0v) is 7.72. The van der Waals surface area contributed by atoms with Crippen LogP contribution < -0.4 is 0 Å². The highest BCUT2D eigenvalue weighted by atomic mass is 14.0. The van der Waals surface area contributed by atoms with Gasteiger partial charge >= 0.3 is 0 Å². The van der Waals surface area contributed by atoms with E-state index in [1.807, 2.05) is 0 Å². The van der Waals surface area contributed by atoms with Crippen molar-refractivity contribution in [1.29, 1.82) is 0 Å². The van der Waals surface area contributed by atoms with E-state index in [9.17, 15) is 0 Å². The second kappa shape index (κ2) is 3.94. The van der Waals surface area contributed by atoms with Gasteiger partial charge in [-0.3, -0.25) is 0 Å². The average Bonchev–Trinajstić information content (AvgIpc) is 2.07. The van der Waals surface area contributed by atoms with E-state index < -0.39 is 0 Å². The standard InChI is InChI=1S/C12H14/c1-4-11(5-2)12-8-6-7-10(3)9-12/h6-9H,1,5H2,2-3H3. The topological polar surface area (TPSA) is 0 Å². The van der Waals surface area contributed by atoms with Gasteiger partial charge in [0.05, 0.1) is 0 Å². The SMILES string of the molecule is C=C=C(CC)c1cccc(C)c1. The first-order valence-electron chi connectivity index (χ1n) is 4.24. The Morgan fingerprint density at radius 3 is 2.75 bits per heavy atom. The molecule has 0 N–H and O–H groups in total. The van der Waals surface area contributed by atoms with Gasteiger partial charge < -0.3 is 0 Å². The Labute approximate surface area is 74.2 Å². The summed E-state index contributed by atoms with van der Waals surface area (Å²) in [6.07, 6.45) is 0.993. The number of rotatable bonds is 2. The number of hydrogen-bond acceptors (Lipinski definition) is 0. The highest BCUT2D eigenvalue weighted by molar-refractivity contribution is 5.64. The molecule has 0 spiro atoms. The minimum Gasteiger partial charge on any atom is -0.125 e. The first-order valence-corrected chi connectivity index (χ1v) is 4.24. The maximum Gasteiger partial charge on any atom is 0.000316 e. The molecule has 0 fully saturated rings. The second-order valence-electron chi connectivity index (χ2n) is 2.88. The van der Waals surface area contributed by atoms with Gasteiger partial charge in [0, 0.05) is 5.57 Å². The highest BCUT2D eigenvalue weighted by Gasteiger charge is 1.96. The first-order chi connectivity index (χ1) is 5.77. The van der Waals surface area contributed by atoms with Crippen molar-refractivity contribution >= 4 is 5.57 Å². The molecule has 0 aliphatic rings. The van der Waals surface area contributed by atoms with E-state index in [1.54, 1.807) is 0 Å². The van der Waals surface area contributed by atoms with E-state index in [0.717, 1.165) is 6.42 Å². The molecular weight excluding hydrogens is 144 g/mol. The summed E-state index contributed by atoms with van der Waals surface area (Å²) in [5, 5.41) is 0. The Kier molecular flexibility index (Phi) is 2.90. The van der Waals surface area contributed by atoms with Crippen LogP contribution in [0.2, 0.25) is 0 Å². The van der Waals surface area contributed by atoms with Gasteiger partial charge in [0.25, 0.3) is 0 Å². The zero-order valence-electron chi connectivity index (χ0n) is 7.72. The summed E-state index contributed by atoms with van der Waals surface area (Å²) in [6, 6.07) is 8.43. The van der Waals surface area contributed by atoms with Gasteiger partial charge in [0.1, 0.15) is 0 Å². The predicted octanol–water partition coefficient (Wildman–Crippen LogP) is 3.57. The molecule has 0 atom stereocenters. The average molecular weight is 158 g/mol. The minimum absolute atomic E-state index is 0.993. The van der Waals surface area contributed by atoms with Crippen molar-refractivity contribution in [2.75, 3.05) is 0 Å². The smallest absolute Gasteiger partial charge is 0.000316 e. The van der Waals surface area contributed by atoms with Gasteiger partial charge in [0.15, 0.2) is 0 Å². The lowest BCUT2D eigenvalue weighted by atomic mass is 10.0. The van der Waals surface area contributed by atoms with Crippen molar-refractivity contribution in [3.05, 3.63) is 47.7 Å². The zero-order chi connectivity index (χ0) is 8.97. The summed E-state index contributed by atoms with van der Waals surface area (Å²) in [5.41, 5.74) is 6.68. The van der Waals surface area contributed by atoms with Gasteiger partial charge in [-0.05, 0) is 18.9 Å². The lowest BCUT2D eigenvalue weighted by Gasteiger charge is -2.02. The maximum absolute atomic E-state index is 3.68. The van der Waals surface area contributed by atoms with Gasteiger partial charge in [-0.2, -0.15) is 0 Å². The number of aryl methyl sites for hydroxylation is 1. The number of hydrogen-bond donors (Lipinski definition) is 0. The van der Waals surface area contributed by atoms with Crippen molar-refractivity contribution in [2.45, 2.75) is 20.3 Å². The highest BCUT2D eigenvalue weighted by Crippen LogP contribution is 2.16. The summed E-state index contributed by atoms with van der Waals surface area (Å²) in [6.45, 7) is 7.89. The fourth-order valence-corrected chi connectivity index (χ4v) is 1.26. The molecule has 0 heterocycles. The number of benzene rings is 1. The maximum atomic E-state index is 3.68. The summed E-state index contributed by atoms with van der Waals surface area (Å²) in [4.78, 5) is 0. The quantitative estimate of drug-likeness (QED) is 0.577. The molecule has 12 heavy (non-hydrogen) atoms. The third-order valence-electron chi connectivity index (χ3n) is 1.93. The van der Waals surface area contributed by atoms with E-state index in [1.165, 1.54) is 16.7 Å². The van der Waals surface area contributed by atoms with Crippen LogP contribution in [0.4, 0.5) is 0 Å². The molecule has 1 rings (SSSR count). The van der Waals surface area contributed by atoms with Gasteiger partial charge in [-0.25, -0.2) is 0 Å². The molecule has 1 aromatic carbocycles. The fourth-order valence-electron chi connectivity index (χ4n) is 1.26. The van der Waals surface area contributed by atoms with Crippen molar-refractivity contribution < 1.29 is 0 Å². The Bertz CT molecular complexity index is 315. The van der Waals surface area contributed by atoms with Crippen molar-refractivity contribution in [3.8, 4) is 0 Å². The first kappa shape index (κ1) is 8.83. The monoisotopic (exact) mass is 158 g/mol. The molecule has 0 aromatic heterocycles. The number of allylic oxidation sites excluding steroid dienone is 1. The molecule has 0 aliphatic carbocycles. The third-order valence-corrected chi connectivity index (χ3v) is 1.93. The fraction of sp³-hybridized carbons (Fsp3) is 0.250. The Morgan fingerprint density at radius 1 is 1.50 bits per heavy atom. The largest absolute Gasteiger partial charge is 0.125 e. The summed E-state index contributed by atoms with van der Waals surface area (Å²) in [5.74, 6) is 0. The molecule has 0 saturated carbocycles. The van der Waals surface area contributed by atoms with Crippen LogP contribution in [0.5, 0.6) is 0 Å². The van der Waals surface area contributed by atoms with E-state index in [4.69, 9.17) is 0 Å². The lowest BCUT2D eigenvalue weighted by Crippen LogP contribution is -1.81. The van der Waals surface area contributed by atoms with E-state index in [0.29, 0.717) is 0 Å². The van der Waals surface area contributed by atoms with Crippen LogP contribution in [-0.2, 0) is 0 Å². The van der Waals surface area contributed by atoms with Crippen LogP contribution in [0.3, 0.4) is 0 Å². The normalized spacial score (nSPS) is 9.17. The summed E-state index contributed by atoms with van der Waals surface area (Å²) >= 11 is 0. The van der Waals surface area contributed by atoms with E-state index in [-0.39, 0.29) is 0 Å². The third kappa shape index (κ3) is 1.87. The Hall–Kier alpha value is -1.26. The lowest BCUT2D eigenvalue weighted by molar-refractivity contribution is 1.24. The molecular formula is C12H14. The molecule has 62 valence electrons. The molecule has 0 radical (unpaired) electrons.